The zero-order valence-corrected chi connectivity index (χ0v) is 23.9. The molecule has 43 heavy (non-hydrogen) atoms. The van der Waals surface area contributed by atoms with Crippen LogP contribution in [0.2, 0.25) is 0 Å². The number of anilines is 2. The molecule has 0 spiro atoms. The maximum absolute atomic E-state index is 13.2. The number of rotatable bonds is 11. The number of halogens is 3. The third-order valence-electron chi connectivity index (χ3n) is 6.27. The number of amides is 1. The van der Waals surface area contributed by atoms with Crippen LogP contribution in [0.4, 0.5) is 24.9 Å². The first-order chi connectivity index (χ1) is 20.5. The minimum Gasteiger partial charge on any atom is -0.475 e. The summed E-state index contributed by atoms with van der Waals surface area (Å²) in [6, 6.07) is 29.8. The number of nitrogens with zero attached hydrogens (tertiary/aromatic N) is 2. The van der Waals surface area contributed by atoms with E-state index in [9.17, 15) is 18.0 Å². The topological polar surface area (TPSA) is 116 Å². The number of alkyl halides is 3. The Bertz CT molecular complexity index is 1470. The van der Waals surface area contributed by atoms with Gasteiger partial charge < -0.3 is 21.1 Å². The lowest BCUT2D eigenvalue weighted by Crippen LogP contribution is -2.42. The van der Waals surface area contributed by atoms with Crippen LogP contribution in [-0.4, -0.2) is 45.7 Å². The molecule has 4 rings (SSSR count). The molecule has 4 aromatic rings. The number of aryl methyl sites for hydroxylation is 2. The first-order valence-corrected chi connectivity index (χ1v) is 13.6. The van der Waals surface area contributed by atoms with Crippen LogP contribution in [-0.2, 0) is 29.0 Å². The van der Waals surface area contributed by atoms with E-state index >= 15 is 0 Å². The molecule has 1 aromatic heterocycles. The van der Waals surface area contributed by atoms with Crippen LogP contribution < -0.4 is 16.0 Å². The van der Waals surface area contributed by atoms with Crippen molar-refractivity contribution in [3.63, 3.8) is 0 Å². The summed E-state index contributed by atoms with van der Waals surface area (Å²) in [4.78, 5) is 31.3. The van der Waals surface area contributed by atoms with Gasteiger partial charge in [0.15, 0.2) is 0 Å². The standard InChI is InChI=1S/C30H33N5O.C2HF3O2/c1-22-11-9-10-16-26(22)21-32-30-33-23(2)19-28(35-30)34-27(20-25-14-7-4-8-15-25)29(36)31-18-17-24-12-5-3-6-13-24;3-2(4,5)1(6)7/h3-16,19,27H,17-18,20-21H2,1-2H3,(H,31,36)(H2,32,33,34,35);(H,6,7)/t27-;/m0./s1. The molecule has 0 radical (unpaired) electrons. The van der Waals surface area contributed by atoms with E-state index in [1.807, 2.05) is 73.7 Å². The molecule has 0 bridgehead atoms. The first-order valence-electron chi connectivity index (χ1n) is 13.6. The van der Waals surface area contributed by atoms with Crippen molar-refractivity contribution in [2.75, 3.05) is 17.2 Å². The van der Waals surface area contributed by atoms with Crippen LogP contribution in [0.15, 0.2) is 91.0 Å². The van der Waals surface area contributed by atoms with E-state index in [2.05, 4.69) is 57.1 Å². The minimum atomic E-state index is -5.08. The van der Waals surface area contributed by atoms with Gasteiger partial charge in [0.05, 0.1) is 0 Å². The fourth-order valence-corrected chi connectivity index (χ4v) is 4.04. The molecule has 226 valence electrons. The first kappa shape index (κ1) is 32.6. The molecule has 0 fully saturated rings. The van der Waals surface area contributed by atoms with Gasteiger partial charge in [-0.3, -0.25) is 4.79 Å². The Morgan fingerprint density at radius 2 is 1.44 bits per heavy atom. The molecule has 0 aliphatic heterocycles. The lowest BCUT2D eigenvalue weighted by Gasteiger charge is -2.20. The smallest absolute Gasteiger partial charge is 0.475 e. The number of hydrogen-bond donors (Lipinski definition) is 4. The average molecular weight is 594 g/mol. The van der Waals surface area contributed by atoms with Crippen LogP contribution in [0, 0.1) is 13.8 Å². The second-order valence-corrected chi connectivity index (χ2v) is 9.71. The van der Waals surface area contributed by atoms with Gasteiger partial charge in [0.25, 0.3) is 0 Å². The average Bonchev–Trinajstić information content (AvgIpc) is 2.97. The second-order valence-electron chi connectivity index (χ2n) is 9.71. The number of carboxylic acids is 1. The summed E-state index contributed by atoms with van der Waals surface area (Å²) < 4.78 is 31.7. The van der Waals surface area contributed by atoms with E-state index in [-0.39, 0.29) is 5.91 Å². The summed E-state index contributed by atoms with van der Waals surface area (Å²) in [5, 5.41) is 16.9. The summed E-state index contributed by atoms with van der Waals surface area (Å²) in [7, 11) is 0. The van der Waals surface area contributed by atoms with Crippen LogP contribution in [0.25, 0.3) is 0 Å². The molecule has 0 saturated carbocycles. The summed E-state index contributed by atoms with van der Waals surface area (Å²) in [5.74, 6) is -1.66. The molecule has 1 atom stereocenters. The van der Waals surface area contributed by atoms with Crippen molar-refractivity contribution in [3.05, 3.63) is 119 Å². The summed E-state index contributed by atoms with van der Waals surface area (Å²) >= 11 is 0. The van der Waals surface area contributed by atoms with Crippen LogP contribution in [0.1, 0.15) is 27.9 Å². The van der Waals surface area contributed by atoms with E-state index < -0.39 is 18.2 Å². The molecule has 1 amide bonds. The number of benzene rings is 3. The lowest BCUT2D eigenvalue weighted by molar-refractivity contribution is -0.192. The van der Waals surface area contributed by atoms with Gasteiger partial charge in [0, 0.05) is 31.3 Å². The third kappa shape index (κ3) is 11.5. The number of nitrogens with one attached hydrogen (secondary N) is 3. The summed E-state index contributed by atoms with van der Waals surface area (Å²) in [6.45, 7) is 5.22. The van der Waals surface area contributed by atoms with Gasteiger partial charge in [-0.1, -0.05) is 84.9 Å². The van der Waals surface area contributed by atoms with Gasteiger partial charge in [-0.25, -0.2) is 9.78 Å². The largest absolute Gasteiger partial charge is 0.490 e. The Morgan fingerprint density at radius 3 is 2.05 bits per heavy atom. The number of carboxylic acid groups (broad SMARTS) is 1. The van der Waals surface area contributed by atoms with Crippen molar-refractivity contribution in [1.29, 1.82) is 0 Å². The number of carbonyl (C=O) groups excluding carboxylic acids is 1. The molecule has 4 N–H and O–H groups in total. The molecule has 1 heterocycles. The van der Waals surface area contributed by atoms with Crippen molar-refractivity contribution in [2.45, 2.75) is 45.5 Å². The fraction of sp³-hybridized carbons (Fsp3) is 0.250. The minimum absolute atomic E-state index is 0.0551. The molecule has 11 heteroatoms. The Kier molecular flexibility index (Phi) is 12.1. The molecule has 0 saturated heterocycles. The number of aromatic nitrogens is 2. The Morgan fingerprint density at radius 1 is 0.860 bits per heavy atom. The maximum Gasteiger partial charge on any atom is 0.490 e. The maximum atomic E-state index is 13.2. The Hall–Kier alpha value is -4.93. The zero-order chi connectivity index (χ0) is 31.2. The quantitative estimate of drug-likeness (QED) is 0.176. The monoisotopic (exact) mass is 593 g/mol. The molecule has 8 nitrogen and oxygen atoms in total. The highest BCUT2D eigenvalue weighted by atomic mass is 19.4. The highest BCUT2D eigenvalue weighted by molar-refractivity contribution is 5.84. The van der Waals surface area contributed by atoms with Gasteiger partial charge in [0.2, 0.25) is 11.9 Å². The predicted octanol–water partition coefficient (Wildman–Crippen LogP) is 5.72. The van der Waals surface area contributed by atoms with Gasteiger partial charge in [-0.05, 0) is 42.5 Å². The highest BCUT2D eigenvalue weighted by Gasteiger charge is 2.38. The van der Waals surface area contributed by atoms with Crippen molar-refractivity contribution < 1.29 is 27.9 Å². The lowest BCUT2D eigenvalue weighted by atomic mass is 10.0. The normalized spacial score (nSPS) is 11.5. The van der Waals surface area contributed by atoms with Crippen LogP contribution >= 0.6 is 0 Å². The second kappa shape index (κ2) is 15.9. The van der Waals surface area contributed by atoms with Gasteiger partial charge >= 0.3 is 12.1 Å². The third-order valence-corrected chi connectivity index (χ3v) is 6.27. The van der Waals surface area contributed by atoms with Gasteiger partial charge in [0.1, 0.15) is 11.9 Å². The van der Waals surface area contributed by atoms with E-state index in [1.165, 1.54) is 16.7 Å². The molecule has 0 unspecified atom stereocenters. The predicted molar refractivity (Wildman–Crippen MR) is 160 cm³/mol. The zero-order valence-electron chi connectivity index (χ0n) is 23.9. The van der Waals surface area contributed by atoms with Crippen molar-refractivity contribution in [1.82, 2.24) is 15.3 Å². The number of aliphatic carboxylic acids is 1. The van der Waals surface area contributed by atoms with E-state index in [0.717, 1.165) is 17.7 Å². The molecule has 3 aromatic carbocycles. The van der Waals surface area contributed by atoms with Crippen LogP contribution in [0.3, 0.4) is 0 Å². The van der Waals surface area contributed by atoms with E-state index in [0.29, 0.717) is 31.3 Å². The van der Waals surface area contributed by atoms with Crippen molar-refractivity contribution in [2.24, 2.45) is 0 Å². The SMILES string of the molecule is Cc1cc(N[C@@H](Cc2ccccc2)C(=O)NCCc2ccccc2)nc(NCc2ccccc2C)n1.O=C(O)C(F)(F)F. The van der Waals surface area contributed by atoms with Crippen LogP contribution in [0.5, 0.6) is 0 Å². The summed E-state index contributed by atoms with van der Waals surface area (Å²) in [5.41, 5.74) is 5.50. The Balaban J connectivity index is 0.000000646. The number of carbonyl (C=O) groups is 2. The van der Waals surface area contributed by atoms with E-state index in [4.69, 9.17) is 9.90 Å². The Labute approximate surface area is 248 Å². The van der Waals surface area contributed by atoms with Gasteiger partial charge in [-0.2, -0.15) is 18.2 Å². The molecular formula is C32H34F3N5O3. The number of hydrogen-bond acceptors (Lipinski definition) is 6. The highest BCUT2D eigenvalue weighted by Crippen LogP contribution is 2.16. The van der Waals surface area contributed by atoms with Crippen molar-refractivity contribution >= 4 is 23.6 Å². The fourth-order valence-electron chi connectivity index (χ4n) is 4.04. The molecule has 0 aliphatic carbocycles. The summed E-state index contributed by atoms with van der Waals surface area (Å²) in [6.07, 6.45) is -3.75. The molecule has 0 aliphatic rings. The van der Waals surface area contributed by atoms with E-state index in [1.54, 1.807) is 0 Å². The van der Waals surface area contributed by atoms with Crippen molar-refractivity contribution in [3.8, 4) is 0 Å². The van der Waals surface area contributed by atoms with Gasteiger partial charge in [-0.15, -0.1) is 0 Å². The molecular weight excluding hydrogens is 559 g/mol.